The molecule has 18 heavy (non-hydrogen) atoms. The highest BCUT2D eigenvalue weighted by atomic mass is 35.5. The van der Waals surface area contributed by atoms with Gasteiger partial charge in [0.2, 0.25) is 0 Å². The molecule has 0 saturated heterocycles. The third-order valence-corrected chi connectivity index (χ3v) is 2.92. The first-order chi connectivity index (χ1) is 8.48. The molecule has 0 amide bonds. The molecular formula is C14H16ClN3. The number of aromatic nitrogens is 2. The number of anilines is 2. The third kappa shape index (κ3) is 2.79. The van der Waals surface area contributed by atoms with E-state index < -0.39 is 0 Å². The minimum absolute atomic E-state index is 0.0538. The predicted octanol–water partition coefficient (Wildman–Crippen LogP) is 4.17. The van der Waals surface area contributed by atoms with E-state index in [1.165, 1.54) is 5.56 Å². The zero-order valence-electron chi connectivity index (χ0n) is 10.7. The standard InChI is InChI=1S/C14H16ClN3/c1-14(2,3)10-6-4-5-7-11(10)18-13-12(15)16-8-9-17-13/h4-9H,1-3H3,(H,17,18). The molecule has 1 aromatic carbocycles. The van der Waals surface area contributed by atoms with E-state index in [1.807, 2.05) is 18.2 Å². The average Bonchev–Trinajstić information content (AvgIpc) is 2.31. The van der Waals surface area contributed by atoms with Crippen LogP contribution in [0.15, 0.2) is 36.7 Å². The molecule has 0 aliphatic rings. The molecule has 0 atom stereocenters. The number of halogens is 1. The summed E-state index contributed by atoms with van der Waals surface area (Å²) < 4.78 is 0. The quantitative estimate of drug-likeness (QED) is 0.882. The molecule has 0 radical (unpaired) electrons. The van der Waals surface area contributed by atoms with E-state index >= 15 is 0 Å². The van der Waals surface area contributed by atoms with Gasteiger partial charge in [-0.3, -0.25) is 0 Å². The van der Waals surface area contributed by atoms with Gasteiger partial charge in [-0.05, 0) is 17.0 Å². The van der Waals surface area contributed by atoms with Crippen LogP contribution in [0.4, 0.5) is 11.5 Å². The Labute approximate surface area is 112 Å². The molecule has 0 bridgehead atoms. The van der Waals surface area contributed by atoms with Gasteiger partial charge in [0, 0.05) is 18.1 Å². The molecule has 1 heterocycles. The summed E-state index contributed by atoms with van der Waals surface area (Å²) in [5.74, 6) is 0.580. The summed E-state index contributed by atoms with van der Waals surface area (Å²) in [6.07, 6.45) is 3.19. The van der Waals surface area contributed by atoms with E-state index in [0.29, 0.717) is 11.0 Å². The van der Waals surface area contributed by atoms with Crippen molar-refractivity contribution >= 4 is 23.1 Å². The molecule has 2 rings (SSSR count). The van der Waals surface area contributed by atoms with E-state index in [0.717, 1.165) is 5.69 Å². The van der Waals surface area contributed by atoms with Gasteiger partial charge in [-0.1, -0.05) is 50.6 Å². The van der Waals surface area contributed by atoms with Crippen molar-refractivity contribution in [3.63, 3.8) is 0 Å². The fourth-order valence-electron chi connectivity index (χ4n) is 1.78. The molecule has 0 aliphatic heterocycles. The van der Waals surface area contributed by atoms with Gasteiger partial charge >= 0.3 is 0 Å². The van der Waals surface area contributed by atoms with Crippen LogP contribution in [-0.2, 0) is 5.41 Å². The lowest BCUT2D eigenvalue weighted by atomic mass is 9.86. The second-order valence-electron chi connectivity index (χ2n) is 5.12. The van der Waals surface area contributed by atoms with Crippen LogP contribution in [0.5, 0.6) is 0 Å². The van der Waals surface area contributed by atoms with Gasteiger partial charge in [-0.15, -0.1) is 0 Å². The van der Waals surface area contributed by atoms with Gasteiger partial charge in [0.1, 0.15) is 0 Å². The zero-order chi connectivity index (χ0) is 13.2. The maximum atomic E-state index is 6.00. The summed E-state index contributed by atoms with van der Waals surface area (Å²) in [5.41, 5.74) is 2.28. The van der Waals surface area contributed by atoms with E-state index in [-0.39, 0.29) is 5.41 Å². The van der Waals surface area contributed by atoms with Crippen LogP contribution in [0, 0.1) is 0 Å². The Morgan fingerprint density at radius 3 is 2.39 bits per heavy atom. The number of rotatable bonds is 2. The minimum Gasteiger partial charge on any atom is -0.337 e. The zero-order valence-corrected chi connectivity index (χ0v) is 11.5. The lowest BCUT2D eigenvalue weighted by Crippen LogP contribution is -2.13. The van der Waals surface area contributed by atoms with Crippen LogP contribution in [0.2, 0.25) is 5.15 Å². The van der Waals surface area contributed by atoms with Crippen LogP contribution < -0.4 is 5.32 Å². The molecule has 0 fully saturated rings. The van der Waals surface area contributed by atoms with Gasteiger partial charge in [0.05, 0.1) is 0 Å². The Morgan fingerprint density at radius 2 is 1.72 bits per heavy atom. The molecule has 4 heteroatoms. The van der Waals surface area contributed by atoms with Crippen molar-refractivity contribution in [1.82, 2.24) is 9.97 Å². The molecule has 94 valence electrons. The van der Waals surface area contributed by atoms with E-state index in [9.17, 15) is 0 Å². The second kappa shape index (κ2) is 4.94. The summed E-state index contributed by atoms with van der Waals surface area (Å²) in [7, 11) is 0. The Balaban J connectivity index is 2.39. The van der Waals surface area contributed by atoms with Crippen molar-refractivity contribution in [2.24, 2.45) is 0 Å². The average molecular weight is 262 g/mol. The smallest absolute Gasteiger partial charge is 0.171 e. The lowest BCUT2D eigenvalue weighted by molar-refractivity contribution is 0.592. The van der Waals surface area contributed by atoms with E-state index in [4.69, 9.17) is 11.6 Å². The normalized spacial score (nSPS) is 11.3. The number of benzene rings is 1. The van der Waals surface area contributed by atoms with E-state index in [1.54, 1.807) is 12.4 Å². The number of hydrogen-bond acceptors (Lipinski definition) is 3. The Hall–Kier alpha value is -1.61. The highest BCUT2D eigenvalue weighted by Crippen LogP contribution is 2.31. The van der Waals surface area contributed by atoms with Crippen molar-refractivity contribution < 1.29 is 0 Å². The monoisotopic (exact) mass is 261 g/mol. The number of hydrogen-bond donors (Lipinski definition) is 1. The van der Waals surface area contributed by atoms with Crippen LogP contribution in [0.1, 0.15) is 26.3 Å². The maximum Gasteiger partial charge on any atom is 0.171 e. The van der Waals surface area contributed by atoms with Gasteiger partial charge < -0.3 is 5.32 Å². The van der Waals surface area contributed by atoms with Crippen molar-refractivity contribution in [1.29, 1.82) is 0 Å². The molecule has 1 aromatic heterocycles. The fourth-order valence-corrected chi connectivity index (χ4v) is 1.93. The van der Waals surface area contributed by atoms with Crippen LogP contribution in [-0.4, -0.2) is 9.97 Å². The highest BCUT2D eigenvalue weighted by Gasteiger charge is 2.18. The Morgan fingerprint density at radius 1 is 1.06 bits per heavy atom. The first kappa shape index (κ1) is 12.8. The van der Waals surface area contributed by atoms with Crippen molar-refractivity contribution in [2.45, 2.75) is 26.2 Å². The Bertz CT molecular complexity index is 547. The molecular weight excluding hydrogens is 246 g/mol. The van der Waals surface area contributed by atoms with Crippen molar-refractivity contribution in [3.8, 4) is 0 Å². The molecule has 0 unspecified atom stereocenters. The largest absolute Gasteiger partial charge is 0.337 e. The van der Waals surface area contributed by atoms with E-state index in [2.05, 4.69) is 42.1 Å². The van der Waals surface area contributed by atoms with Gasteiger partial charge in [0.25, 0.3) is 0 Å². The van der Waals surface area contributed by atoms with Crippen LogP contribution >= 0.6 is 11.6 Å². The molecule has 2 aromatic rings. The van der Waals surface area contributed by atoms with Crippen molar-refractivity contribution in [3.05, 3.63) is 47.4 Å². The van der Waals surface area contributed by atoms with Crippen LogP contribution in [0.25, 0.3) is 0 Å². The SMILES string of the molecule is CC(C)(C)c1ccccc1Nc1nccnc1Cl. The molecule has 0 saturated carbocycles. The molecule has 0 aliphatic carbocycles. The number of para-hydroxylation sites is 1. The molecule has 1 N–H and O–H groups in total. The summed E-state index contributed by atoms with van der Waals surface area (Å²) in [5, 5.41) is 3.62. The van der Waals surface area contributed by atoms with Gasteiger partial charge in [-0.25, -0.2) is 9.97 Å². The van der Waals surface area contributed by atoms with Gasteiger partial charge in [-0.2, -0.15) is 0 Å². The Kier molecular flexibility index (Phi) is 3.53. The van der Waals surface area contributed by atoms with Crippen molar-refractivity contribution in [2.75, 3.05) is 5.32 Å². The fraction of sp³-hybridized carbons (Fsp3) is 0.286. The highest BCUT2D eigenvalue weighted by molar-refractivity contribution is 6.31. The summed E-state index contributed by atoms with van der Waals surface area (Å²) in [6, 6.07) is 8.14. The maximum absolute atomic E-state index is 6.00. The lowest BCUT2D eigenvalue weighted by Gasteiger charge is -2.23. The minimum atomic E-state index is 0.0538. The topological polar surface area (TPSA) is 37.8 Å². The first-order valence-electron chi connectivity index (χ1n) is 5.81. The first-order valence-corrected chi connectivity index (χ1v) is 6.19. The second-order valence-corrected chi connectivity index (χ2v) is 5.47. The summed E-state index contributed by atoms with van der Waals surface area (Å²) >= 11 is 6.00. The number of nitrogens with zero attached hydrogens (tertiary/aromatic N) is 2. The van der Waals surface area contributed by atoms with Crippen LogP contribution in [0.3, 0.4) is 0 Å². The number of nitrogens with one attached hydrogen (secondary N) is 1. The third-order valence-electron chi connectivity index (χ3n) is 2.64. The molecule has 0 spiro atoms. The van der Waals surface area contributed by atoms with Gasteiger partial charge in [0.15, 0.2) is 11.0 Å². The summed E-state index contributed by atoms with van der Waals surface area (Å²) in [6.45, 7) is 6.52. The molecule has 3 nitrogen and oxygen atoms in total. The summed E-state index contributed by atoms with van der Waals surface area (Å²) in [4.78, 5) is 8.20. The predicted molar refractivity (Wildman–Crippen MR) is 75.5 cm³/mol.